The monoisotopic (exact) mass is 752 g/mol. The molecule has 3 aliphatic rings. The number of amides is 2. The summed E-state index contributed by atoms with van der Waals surface area (Å²) in [4.78, 5) is 42.5. The van der Waals surface area contributed by atoms with Gasteiger partial charge in [0, 0.05) is 62.3 Å². The van der Waals surface area contributed by atoms with Gasteiger partial charge in [0.25, 0.3) is 10.0 Å². The molecule has 0 spiro atoms. The molecule has 0 radical (unpaired) electrons. The summed E-state index contributed by atoms with van der Waals surface area (Å²) in [5.41, 5.74) is 3.49. The van der Waals surface area contributed by atoms with Gasteiger partial charge >= 0.3 is 0 Å². The fraction of sp³-hybridized carbons (Fsp3) is 0.432. The van der Waals surface area contributed by atoms with Crippen molar-refractivity contribution in [3.63, 3.8) is 0 Å². The van der Waals surface area contributed by atoms with Crippen LogP contribution in [0.2, 0.25) is 0 Å². The third kappa shape index (κ3) is 7.24. The van der Waals surface area contributed by atoms with Gasteiger partial charge in [-0.1, -0.05) is 18.2 Å². The van der Waals surface area contributed by atoms with Crippen LogP contribution in [0.5, 0.6) is 0 Å². The van der Waals surface area contributed by atoms with Crippen molar-refractivity contribution in [3.8, 4) is 11.4 Å². The first-order chi connectivity index (χ1) is 26.0. The third-order valence-corrected chi connectivity index (χ3v) is 12.4. The maximum atomic E-state index is 12.6. The van der Waals surface area contributed by atoms with Crippen molar-refractivity contribution in [2.24, 2.45) is 0 Å². The van der Waals surface area contributed by atoms with Crippen molar-refractivity contribution in [1.82, 2.24) is 44.1 Å². The van der Waals surface area contributed by atoms with E-state index in [1.807, 2.05) is 35.1 Å². The van der Waals surface area contributed by atoms with E-state index in [0.29, 0.717) is 54.7 Å². The minimum absolute atomic E-state index is 0.114. The molecule has 1 unspecified atom stereocenters. The molecule has 8 rings (SSSR count). The van der Waals surface area contributed by atoms with E-state index in [1.54, 1.807) is 12.3 Å². The zero-order valence-corrected chi connectivity index (χ0v) is 31.3. The highest BCUT2D eigenvalue weighted by Crippen LogP contribution is 2.33. The Morgan fingerprint density at radius 3 is 2.56 bits per heavy atom. The number of anilines is 4. The molecule has 3 fully saturated rings. The van der Waals surface area contributed by atoms with E-state index < -0.39 is 16.1 Å². The molecule has 1 aliphatic carbocycles. The summed E-state index contributed by atoms with van der Waals surface area (Å²) in [6, 6.07) is 11.8. The van der Waals surface area contributed by atoms with Crippen molar-refractivity contribution in [1.29, 1.82) is 0 Å². The van der Waals surface area contributed by atoms with Crippen molar-refractivity contribution in [2.75, 3.05) is 35.7 Å². The first kappa shape index (κ1) is 35.6. The molecule has 54 heavy (non-hydrogen) atoms. The molecule has 4 aromatic heterocycles. The van der Waals surface area contributed by atoms with Crippen molar-refractivity contribution >= 4 is 55.9 Å². The molecule has 6 heterocycles. The van der Waals surface area contributed by atoms with Gasteiger partial charge < -0.3 is 15.5 Å². The first-order valence-electron chi connectivity index (χ1n) is 18.4. The summed E-state index contributed by atoms with van der Waals surface area (Å²) < 4.78 is 28.3. The molecule has 2 saturated heterocycles. The molecule has 0 bridgehead atoms. The Hall–Kier alpha value is -5.42. The van der Waals surface area contributed by atoms with E-state index in [-0.39, 0.29) is 23.1 Å². The third-order valence-electron chi connectivity index (χ3n) is 10.4. The van der Waals surface area contributed by atoms with Crippen molar-refractivity contribution in [2.45, 2.75) is 82.3 Å². The Morgan fingerprint density at radius 1 is 1.00 bits per heavy atom. The van der Waals surface area contributed by atoms with Crippen LogP contribution < -0.4 is 20.9 Å². The van der Waals surface area contributed by atoms with Crippen LogP contribution in [-0.2, 0) is 26.2 Å². The van der Waals surface area contributed by atoms with Crippen LogP contribution >= 0.6 is 0 Å². The van der Waals surface area contributed by atoms with Gasteiger partial charge in [0.05, 0.1) is 34.1 Å². The topological polar surface area (TPSA) is 185 Å². The van der Waals surface area contributed by atoms with Gasteiger partial charge in [-0.25, -0.2) is 23.4 Å². The Bertz CT molecular complexity index is 2310. The Labute approximate surface area is 313 Å². The van der Waals surface area contributed by atoms with E-state index in [2.05, 4.69) is 67.8 Å². The number of carbonyl (C=O) groups excluding carboxylic acids is 2. The first-order valence-corrected chi connectivity index (χ1v) is 19.9. The Morgan fingerprint density at radius 2 is 1.80 bits per heavy atom. The van der Waals surface area contributed by atoms with Crippen LogP contribution in [-0.4, -0.2) is 96.5 Å². The normalized spacial score (nSPS) is 18.5. The zero-order chi connectivity index (χ0) is 37.6. The van der Waals surface area contributed by atoms with Crippen molar-refractivity contribution < 1.29 is 18.0 Å². The Balaban J connectivity index is 0.934. The second kappa shape index (κ2) is 14.4. The fourth-order valence-corrected chi connectivity index (χ4v) is 8.70. The SMILES string of the molecule is CC(C)n1nc(N2CCC(N(C)Cc3ccccc3NC3CCC(=O)NC3=O)CC2)c2cnc(Nc3ccnc(-c4cnn(S(=O)(=O)C5CC5)c4)n3)cc21. The smallest absolute Gasteiger partial charge is 0.256 e. The largest absolute Gasteiger partial charge is 0.373 e. The summed E-state index contributed by atoms with van der Waals surface area (Å²) in [6.07, 6.45) is 10.5. The van der Waals surface area contributed by atoms with Gasteiger partial charge in [0.15, 0.2) is 11.6 Å². The Kier molecular flexibility index (Phi) is 9.51. The average Bonchev–Trinajstić information content (AvgIpc) is 3.79. The lowest BCUT2D eigenvalue weighted by Crippen LogP contribution is -2.47. The van der Waals surface area contributed by atoms with E-state index in [9.17, 15) is 18.0 Å². The number of pyridine rings is 1. The predicted octanol–water partition coefficient (Wildman–Crippen LogP) is 4.07. The number of nitrogens with one attached hydrogen (secondary N) is 3. The molecule has 1 aromatic carbocycles. The average molecular weight is 753 g/mol. The van der Waals surface area contributed by atoms with E-state index in [4.69, 9.17) is 10.1 Å². The standard InChI is InChI=1S/C37H44N12O4S/c1-23(2)49-31-18-33(42-32-12-15-38-35(43-32)25-19-40-48(22-25)54(52,53)27-8-9-27)39-20-28(31)36(45-49)47-16-13-26(14-17-47)46(3)21-24-6-4-5-7-29(24)41-30-10-11-34(50)44-37(30)51/h4-7,12,15,18-20,22-23,26-27,30,41H,8-11,13-14,16-17,21H2,1-3H3,(H,44,50,51)(H,38,39,42,43). The number of imide groups is 1. The van der Waals surface area contributed by atoms with Crippen LogP contribution in [0.15, 0.2) is 61.2 Å². The number of aromatic nitrogens is 7. The van der Waals surface area contributed by atoms with E-state index in [0.717, 1.165) is 64.5 Å². The number of rotatable bonds is 12. The highest BCUT2D eigenvalue weighted by molar-refractivity contribution is 7.90. The molecule has 2 amide bonds. The maximum Gasteiger partial charge on any atom is 0.256 e. The molecule has 3 N–H and O–H groups in total. The lowest BCUT2D eigenvalue weighted by atomic mass is 10.0. The van der Waals surface area contributed by atoms with Crippen LogP contribution in [0.3, 0.4) is 0 Å². The molecule has 282 valence electrons. The molecule has 2 aliphatic heterocycles. The maximum absolute atomic E-state index is 12.6. The van der Waals surface area contributed by atoms with Crippen LogP contribution in [0, 0.1) is 0 Å². The lowest BCUT2D eigenvalue weighted by Gasteiger charge is -2.37. The lowest BCUT2D eigenvalue weighted by molar-refractivity contribution is -0.133. The van der Waals surface area contributed by atoms with Gasteiger partial charge in [-0.05, 0) is 70.7 Å². The fourth-order valence-electron chi connectivity index (χ4n) is 7.22. The predicted molar refractivity (Wildman–Crippen MR) is 205 cm³/mol. The number of fused-ring (bicyclic) bond motifs is 1. The summed E-state index contributed by atoms with van der Waals surface area (Å²) in [7, 11) is -1.34. The molecular weight excluding hydrogens is 709 g/mol. The quantitative estimate of drug-likeness (QED) is 0.155. The summed E-state index contributed by atoms with van der Waals surface area (Å²) in [6.45, 7) is 6.64. The summed E-state index contributed by atoms with van der Waals surface area (Å²) in [5.74, 6) is 1.89. The number of carbonyl (C=O) groups is 2. The van der Waals surface area contributed by atoms with Gasteiger partial charge in [-0.3, -0.25) is 24.5 Å². The minimum atomic E-state index is -3.49. The highest BCUT2D eigenvalue weighted by atomic mass is 32.2. The molecular formula is C37H44N12O4S. The molecule has 1 atom stereocenters. The number of hydrogen-bond donors (Lipinski definition) is 3. The summed E-state index contributed by atoms with van der Waals surface area (Å²) >= 11 is 0. The molecule has 1 saturated carbocycles. The molecule has 16 nitrogen and oxygen atoms in total. The molecule has 17 heteroatoms. The second-order valence-electron chi connectivity index (χ2n) is 14.6. The number of para-hydroxylation sites is 1. The summed E-state index contributed by atoms with van der Waals surface area (Å²) in [5, 5.41) is 18.9. The van der Waals surface area contributed by atoms with Gasteiger partial charge in [-0.15, -0.1) is 0 Å². The van der Waals surface area contributed by atoms with Crippen LogP contribution in [0.1, 0.15) is 64.0 Å². The van der Waals surface area contributed by atoms with Crippen LogP contribution in [0.25, 0.3) is 22.3 Å². The molecule has 5 aromatic rings. The zero-order valence-electron chi connectivity index (χ0n) is 30.5. The number of nitrogens with zero attached hydrogens (tertiary/aromatic N) is 9. The van der Waals surface area contributed by atoms with Gasteiger partial charge in [0.1, 0.15) is 17.7 Å². The number of hydrogen-bond acceptors (Lipinski definition) is 13. The van der Waals surface area contributed by atoms with E-state index in [1.165, 1.54) is 12.4 Å². The van der Waals surface area contributed by atoms with E-state index >= 15 is 0 Å². The second-order valence-corrected chi connectivity index (χ2v) is 16.7. The minimum Gasteiger partial charge on any atom is -0.373 e. The number of benzene rings is 1. The van der Waals surface area contributed by atoms with Gasteiger partial charge in [0.2, 0.25) is 11.8 Å². The van der Waals surface area contributed by atoms with Crippen molar-refractivity contribution in [3.05, 3.63) is 66.7 Å². The number of piperidine rings is 2. The van der Waals surface area contributed by atoms with Gasteiger partial charge in [-0.2, -0.15) is 14.3 Å². The van der Waals surface area contributed by atoms with Crippen LogP contribution in [0.4, 0.5) is 23.1 Å². The highest BCUT2D eigenvalue weighted by Gasteiger charge is 2.38.